The fraction of sp³-hybridized carbons (Fsp3) is 0.350. The highest BCUT2D eigenvalue weighted by Gasteiger charge is 2.24. The smallest absolute Gasteiger partial charge is 0.261 e. The molecule has 144 valence electrons. The molecule has 1 aliphatic rings. The van der Waals surface area contributed by atoms with Gasteiger partial charge < -0.3 is 10.2 Å². The van der Waals surface area contributed by atoms with Gasteiger partial charge >= 0.3 is 0 Å². The zero-order valence-corrected chi connectivity index (χ0v) is 16.4. The molecule has 0 atom stereocenters. The third kappa shape index (κ3) is 4.67. The lowest BCUT2D eigenvalue weighted by molar-refractivity contribution is 0.0707. The molecule has 27 heavy (non-hydrogen) atoms. The van der Waals surface area contributed by atoms with Gasteiger partial charge in [0, 0.05) is 30.4 Å². The van der Waals surface area contributed by atoms with E-state index in [0.717, 1.165) is 18.4 Å². The molecule has 2 aromatic carbocycles. The van der Waals surface area contributed by atoms with Gasteiger partial charge in [-0.15, -0.1) is 0 Å². The van der Waals surface area contributed by atoms with E-state index in [1.54, 1.807) is 29.2 Å². The first-order valence-corrected chi connectivity index (χ1v) is 10.5. The van der Waals surface area contributed by atoms with Crippen LogP contribution in [0.15, 0.2) is 53.4 Å². The lowest BCUT2D eigenvalue weighted by Crippen LogP contribution is -2.44. The molecule has 1 saturated heterocycles. The van der Waals surface area contributed by atoms with E-state index in [1.165, 1.54) is 12.1 Å². The number of aryl methyl sites for hydroxylation is 1. The highest BCUT2D eigenvalue weighted by atomic mass is 32.2. The van der Waals surface area contributed by atoms with Crippen LogP contribution in [0.1, 0.15) is 28.8 Å². The van der Waals surface area contributed by atoms with Crippen LogP contribution >= 0.6 is 0 Å². The van der Waals surface area contributed by atoms with Crippen molar-refractivity contribution in [2.45, 2.75) is 30.7 Å². The van der Waals surface area contributed by atoms with Crippen molar-refractivity contribution in [3.63, 3.8) is 0 Å². The fourth-order valence-corrected chi connectivity index (χ4v) is 4.29. The summed E-state index contributed by atoms with van der Waals surface area (Å²) in [6.45, 7) is 3.28. The highest BCUT2D eigenvalue weighted by molar-refractivity contribution is 7.92. The van der Waals surface area contributed by atoms with Crippen LogP contribution in [-0.2, 0) is 10.0 Å². The minimum absolute atomic E-state index is 0.0824. The third-order valence-corrected chi connectivity index (χ3v) is 6.26. The van der Waals surface area contributed by atoms with Gasteiger partial charge in [-0.25, -0.2) is 8.42 Å². The molecule has 0 unspecified atom stereocenters. The topological polar surface area (TPSA) is 78.5 Å². The van der Waals surface area contributed by atoms with Crippen molar-refractivity contribution in [2.24, 2.45) is 0 Å². The van der Waals surface area contributed by atoms with Gasteiger partial charge in [-0.05, 0) is 57.1 Å². The van der Waals surface area contributed by atoms with Crippen molar-refractivity contribution < 1.29 is 13.2 Å². The molecule has 1 aliphatic heterocycles. The Morgan fingerprint density at radius 1 is 1.07 bits per heavy atom. The summed E-state index contributed by atoms with van der Waals surface area (Å²) >= 11 is 0. The van der Waals surface area contributed by atoms with Gasteiger partial charge in [0.1, 0.15) is 0 Å². The van der Waals surface area contributed by atoms with E-state index >= 15 is 0 Å². The number of carbonyl (C=O) groups is 1. The van der Waals surface area contributed by atoms with Gasteiger partial charge in [0.05, 0.1) is 4.90 Å². The van der Waals surface area contributed by atoms with E-state index in [-0.39, 0.29) is 10.8 Å². The lowest BCUT2D eigenvalue weighted by atomic mass is 10.0. The molecule has 0 spiro atoms. The van der Waals surface area contributed by atoms with E-state index in [0.29, 0.717) is 30.4 Å². The molecule has 1 heterocycles. The first-order chi connectivity index (χ1) is 12.9. The van der Waals surface area contributed by atoms with E-state index in [1.807, 2.05) is 26.1 Å². The number of anilines is 1. The fourth-order valence-electron chi connectivity index (χ4n) is 3.19. The van der Waals surface area contributed by atoms with Crippen LogP contribution in [0.4, 0.5) is 5.69 Å². The molecule has 2 aromatic rings. The Morgan fingerprint density at radius 2 is 1.74 bits per heavy atom. The Kier molecular flexibility index (Phi) is 5.82. The summed E-state index contributed by atoms with van der Waals surface area (Å²) in [6.07, 6.45) is 1.80. The number of amides is 1. The Hall–Kier alpha value is -2.38. The predicted octanol–water partition coefficient (Wildman–Crippen LogP) is 2.62. The number of nitrogens with zero attached hydrogens (tertiary/aromatic N) is 1. The number of likely N-dealkylation sites (tertiary alicyclic amines) is 1. The normalized spacial score (nSPS) is 15.6. The Balaban J connectivity index is 1.76. The standard InChI is InChI=1S/C20H25N3O3S/c1-15-6-8-18(9-7-15)22-27(25,26)19-5-3-4-16(14-19)20(24)23-12-10-17(21-2)11-13-23/h3-9,14,17,21-22H,10-13H2,1-2H3. The molecule has 0 aliphatic carbocycles. The van der Waals surface area contributed by atoms with E-state index in [4.69, 9.17) is 0 Å². The minimum Gasteiger partial charge on any atom is -0.339 e. The van der Waals surface area contributed by atoms with Crippen molar-refractivity contribution in [3.8, 4) is 0 Å². The lowest BCUT2D eigenvalue weighted by Gasteiger charge is -2.31. The minimum atomic E-state index is -3.76. The molecule has 1 fully saturated rings. The molecule has 0 aromatic heterocycles. The Bertz CT molecular complexity index is 902. The highest BCUT2D eigenvalue weighted by Crippen LogP contribution is 2.20. The Morgan fingerprint density at radius 3 is 2.37 bits per heavy atom. The van der Waals surface area contributed by atoms with Gasteiger partial charge in [0.25, 0.3) is 15.9 Å². The molecular weight excluding hydrogens is 362 g/mol. The number of sulfonamides is 1. The van der Waals surface area contributed by atoms with Crippen LogP contribution in [0.3, 0.4) is 0 Å². The van der Waals surface area contributed by atoms with E-state index in [9.17, 15) is 13.2 Å². The van der Waals surface area contributed by atoms with Gasteiger partial charge in [-0.2, -0.15) is 0 Å². The SMILES string of the molecule is CNC1CCN(C(=O)c2cccc(S(=O)(=O)Nc3ccc(C)cc3)c2)CC1. The number of hydrogen-bond donors (Lipinski definition) is 2. The molecule has 1 amide bonds. The monoisotopic (exact) mass is 387 g/mol. The second kappa shape index (κ2) is 8.10. The van der Waals surface area contributed by atoms with Crippen LogP contribution in [-0.4, -0.2) is 45.4 Å². The summed E-state index contributed by atoms with van der Waals surface area (Å²) in [5.74, 6) is -0.128. The average molecular weight is 388 g/mol. The number of rotatable bonds is 5. The van der Waals surface area contributed by atoms with E-state index in [2.05, 4.69) is 10.0 Å². The van der Waals surface area contributed by atoms with Gasteiger partial charge in [-0.3, -0.25) is 9.52 Å². The van der Waals surface area contributed by atoms with Crippen molar-refractivity contribution in [1.29, 1.82) is 0 Å². The molecule has 0 radical (unpaired) electrons. The predicted molar refractivity (Wildman–Crippen MR) is 106 cm³/mol. The van der Waals surface area contributed by atoms with Crippen LogP contribution in [0, 0.1) is 6.92 Å². The largest absolute Gasteiger partial charge is 0.339 e. The first kappa shape index (κ1) is 19.4. The second-order valence-corrected chi connectivity index (χ2v) is 8.54. The molecule has 3 rings (SSSR count). The zero-order valence-electron chi connectivity index (χ0n) is 15.6. The summed E-state index contributed by atoms with van der Waals surface area (Å²) in [4.78, 5) is 14.6. The van der Waals surface area contributed by atoms with Crippen LogP contribution in [0.25, 0.3) is 0 Å². The molecule has 7 heteroatoms. The maximum Gasteiger partial charge on any atom is 0.261 e. The van der Waals surface area contributed by atoms with Crippen LogP contribution < -0.4 is 10.0 Å². The number of benzene rings is 2. The first-order valence-electron chi connectivity index (χ1n) is 9.05. The summed E-state index contributed by atoms with van der Waals surface area (Å²) in [5, 5.41) is 3.23. The van der Waals surface area contributed by atoms with Crippen molar-refractivity contribution >= 4 is 21.6 Å². The molecular formula is C20H25N3O3S. The molecule has 2 N–H and O–H groups in total. The van der Waals surface area contributed by atoms with Gasteiger partial charge in [0.15, 0.2) is 0 Å². The van der Waals surface area contributed by atoms with Crippen LogP contribution in [0.5, 0.6) is 0 Å². The molecule has 0 bridgehead atoms. The van der Waals surface area contributed by atoms with E-state index < -0.39 is 10.0 Å². The summed E-state index contributed by atoms with van der Waals surface area (Å²) in [6, 6.07) is 13.8. The van der Waals surface area contributed by atoms with Gasteiger partial charge in [-0.1, -0.05) is 23.8 Å². The third-order valence-electron chi connectivity index (χ3n) is 4.89. The van der Waals surface area contributed by atoms with Crippen molar-refractivity contribution in [1.82, 2.24) is 10.2 Å². The zero-order chi connectivity index (χ0) is 19.4. The maximum absolute atomic E-state index is 12.8. The number of piperidine rings is 1. The number of hydrogen-bond acceptors (Lipinski definition) is 4. The van der Waals surface area contributed by atoms with Crippen molar-refractivity contribution in [3.05, 3.63) is 59.7 Å². The van der Waals surface area contributed by atoms with Crippen molar-refractivity contribution in [2.75, 3.05) is 24.9 Å². The molecule has 0 saturated carbocycles. The summed E-state index contributed by atoms with van der Waals surface area (Å²) in [5.41, 5.74) is 1.93. The Labute approximate surface area is 160 Å². The second-order valence-electron chi connectivity index (χ2n) is 6.85. The van der Waals surface area contributed by atoms with Crippen LogP contribution in [0.2, 0.25) is 0 Å². The number of nitrogens with one attached hydrogen (secondary N) is 2. The summed E-state index contributed by atoms with van der Waals surface area (Å²) < 4.78 is 27.9. The quantitative estimate of drug-likeness (QED) is 0.827. The average Bonchev–Trinajstić information content (AvgIpc) is 2.69. The maximum atomic E-state index is 12.8. The summed E-state index contributed by atoms with van der Waals surface area (Å²) in [7, 11) is -1.83. The number of carbonyl (C=O) groups excluding carboxylic acids is 1. The van der Waals surface area contributed by atoms with Gasteiger partial charge in [0.2, 0.25) is 0 Å². The molecule has 6 nitrogen and oxygen atoms in total.